The third kappa shape index (κ3) is 2.38. The summed E-state index contributed by atoms with van der Waals surface area (Å²) in [5.74, 6) is 2.08. The molecule has 0 aliphatic heterocycles. The molecular formula is C10H17NO. The fraction of sp³-hybridized carbons (Fsp3) is 0.600. The number of nitrogens with two attached hydrogens (primary N) is 1. The summed E-state index contributed by atoms with van der Waals surface area (Å²) in [6, 6.07) is 3.91. The molecule has 0 spiro atoms. The van der Waals surface area contributed by atoms with Crippen molar-refractivity contribution in [1.82, 2.24) is 0 Å². The molecule has 0 amide bonds. The molecule has 1 atom stereocenters. The Hall–Kier alpha value is -0.760. The maximum atomic E-state index is 5.65. The number of rotatable bonds is 4. The Kier molecular flexibility index (Phi) is 3.35. The molecule has 1 aromatic heterocycles. The molecule has 68 valence electrons. The third-order valence-corrected chi connectivity index (χ3v) is 1.99. The van der Waals surface area contributed by atoms with Gasteiger partial charge in [0, 0.05) is 12.5 Å². The average Bonchev–Trinajstić information content (AvgIpc) is 2.51. The molecule has 1 rings (SSSR count). The first-order chi connectivity index (χ1) is 5.74. The van der Waals surface area contributed by atoms with Crippen LogP contribution in [0.2, 0.25) is 0 Å². The summed E-state index contributed by atoms with van der Waals surface area (Å²) in [6.07, 6.45) is 2.81. The highest BCUT2D eigenvalue weighted by Gasteiger charge is 2.13. The van der Waals surface area contributed by atoms with E-state index in [1.54, 1.807) is 6.26 Å². The highest BCUT2D eigenvalue weighted by atomic mass is 16.3. The second-order valence-electron chi connectivity index (χ2n) is 3.58. The van der Waals surface area contributed by atoms with E-state index in [0.29, 0.717) is 18.4 Å². The molecule has 2 N–H and O–H groups in total. The maximum Gasteiger partial charge on any atom is 0.108 e. The standard InChI is InChI=1S/C10H17NO/c1-8(2)6-9(7-11)10-4-3-5-12-10/h3-5,8-9H,6-7,11H2,1-2H3. The van der Waals surface area contributed by atoms with Crippen LogP contribution in [0.15, 0.2) is 22.8 Å². The molecule has 2 heteroatoms. The highest BCUT2D eigenvalue weighted by molar-refractivity contribution is 5.05. The van der Waals surface area contributed by atoms with Crippen LogP contribution in [0.1, 0.15) is 31.9 Å². The minimum absolute atomic E-state index is 0.389. The van der Waals surface area contributed by atoms with E-state index in [2.05, 4.69) is 13.8 Å². The van der Waals surface area contributed by atoms with Crippen molar-refractivity contribution >= 4 is 0 Å². The van der Waals surface area contributed by atoms with Crippen LogP contribution in [-0.2, 0) is 0 Å². The summed E-state index contributed by atoms with van der Waals surface area (Å²) >= 11 is 0. The third-order valence-electron chi connectivity index (χ3n) is 1.99. The minimum atomic E-state index is 0.389. The second-order valence-corrected chi connectivity index (χ2v) is 3.58. The summed E-state index contributed by atoms with van der Waals surface area (Å²) in [7, 11) is 0. The van der Waals surface area contributed by atoms with Crippen LogP contribution in [0.3, 0.4) is 0 Å². The van der Waals surface area contributed by atoms with Gasteiger partial charge < -0.3 is 10.2 Å². The van der Waals surface area contributed by atoms with Gasteiger partial charge in [0.25, 0.3) is 0 Å². The normalized spacial score (nSPS) is 13.7. The Morgan fingerprint density at radius 2 is 2.25 bits per heavy atom. The fourth-order valence-electron chi connectivity index (χ4n) is 1.42. The van der Waals surface area contributed by atoms with Crippen molar-refractivity contribution in [2.24, 2.45) is 11.7 Å². The van der Waals surface area contributed by atoms with Gasteiger partial charge in [-0.05, 0) is 24.5 Å². The van der Waals surface area contributed by atoms with Gasteiger partial charge in [0.2, 0.25) is 0 Å². The first kappa shape index (κ1) is 9.33. The average molecular weight is 167 g/mol. The van der Waals surface area contributed by atoms with Gasteiger partial charge in [-0.3, -0.25) is 0 Å². The molecule has 0 bridgehead atoms. The van der Waals surface area contributed by atoms with E-state index in [0.717, 1.165) is 12.2 Å². The quantitative estimate of drug-likeness (QED) is 0.747. The summed E-state index contributed by atoms with van der Waals surface area (Å²) in [5, 5.41) is 0. The van der Waals surface area contributed by atoms with E-state index in [1.807, 2.05) is 12.1 Å². The first-order valence-corrected chi connectivity index (χ1v) is 4.47. The molecule has 0 saturated carbocycles. The molecule has 1 aromatic rings. The van der Waals surface area contributed by atoms with Gasteiger partial charge in [-0.15, -0.1) is 0 Å². The molecule has 12 heavy (non-hydrogen) atoms. The van der Waals surface area contributed by atoms with E-state index in [4.69, 9.17) is 10.2 Å². The summed E-state index contributed by atoms with van der Waals surface area (Å²) in [6.45, 7) is 5.07. The summed E-state index contributed by atoms with van der Waals surface area (Å²) < 4.78 is 5.31. The molecule has 0 fully saturated rings. The number of hydrogen-bond donors (Lipinski definition) is 1. The first-order valence-electron chi connectivity index (χ1n) is 4.47. The predicted molar refractivity (Wildman–Crippen MR) is 50.0 cm³/mol. The Bertz CT molecular complexity index is 204. The molecule has 0 radical (unpaired) electrons. The Morgan fingerprint density at radius 1 is 1.50 bits per heavy atom. The Morgan fingerprint density at radius 3 is 2.67 bits per heavy atom. The van der Waals surface area contributed by atoms with Crippen molar-refractivity contribution in [1.29, 1.82) is 0 Å². The Balaban J connectivity index is 2.57. The zero-order valence-corrected chi connectivity index (χ0v) is 7.79. The molecule has 0 aliphatic carbocycles. The van der Waals surface area contributed by atoms with Gasteiger partial charge in [0.15, 0.2) is 0 Å². The Labute approximate surface area is 73.8 Å². The van der Waals surface area contributed by atoms with Gasteiger partial charge in [-0.25, -0.2) is 0 Å². The monoisotopic (exact) mass is 167 g/mol. The summed E-state index contributed by atoms with van der Waals surface area (Å²) in [4.78, 5) is 0. The lowest BCUT2D eigenvalue weighted by molar-refractivity contribution is 0.413. The number of hydrogen-bond acceptors (Lipinski definition) is 2. The van der Waals surface area contributed by atoms with Gasteiger partial charge in [-0.2, -0.15) is 0 Å². The zero-order chi connectivity index (χ0) is 8.97. The van der Waals surface area contributed by atoms with E-state index >= 15 is 0 Å². The van der Waals surface area contributed by atoms with Crippen molar-refractivity contribution in [3.8, 4) is 0 Å². The van der Waals surface area contributed by atoms with Crippen molar-refractivity contribution < 1.29 is 4.42 Å². The SMILES string of the molecule is CC(C)CC(CN)c1ccco1. The summed E-state index contributed by atoms with van der Waals surface area (Å²) in [5.41, 5.74) is 5.65. The number of furan rings is 1. The van der Waals surface area contributed by atoms with Crippen LogP contribution >= 0.6 is 0 Å². The second kappa shape index (κ2) is 4.31. The lowest BCUT2D eigenvalue weighted by Gasteiger charge is -2.13. The van der Waals surface area contributed by atoms with E-state index in [9.17, 15) is 0 Å². The van der Waals surface area contributed by atoms with Gasteiger partial charge in [-0.1, -0.05) is 13.8 Å². The van der Waals surface area contributed by atoms with Crippen LogP contribution in [0.5, 0.6) is 0 Å². The zero-order valence-electron chi connectivity index (χ0n) is 7.79. The van der Waals surface area contributed by atoms with Crippen LogP contribution in [0.4, 0.5) is 0 Å². The van der Waals surface area contributed by atoms with E-state index in [1.165, 1.54) is 0 Å². The topological polar surface area (TPSA) is 39.2 Å². The minimum Gasteiger partial charge on any atom is -0.469 e. The fourth-order valence-corrected chi connectivity index (χ4v) is 1.42. The molecule has 0 saturated heterocycles. The molecule has 0 aromatic carbocycles. The van der Waals surface area contributed by atoms with Gasteiger partial charge >= 0.3 is 0 Å². The largest absolute Gasteiger partial charge is 0.469 e. The van der Waals surface area contributed by atoms with Gasteiger partial charge in [0.05, 0.1) is 6.26 Å². The van der Waals surface area contributed by atoms with Crippen LogP contribution in [0, 0.1) is 5.92 Å². The molecule has 1 heterocycles. The molecule has 0 aliphatic rings. The van der Waals surface area contributed by atoms with Crippen LogP contribution < -0.4 is 5.73 Å². The smallest absolute Gasteiger partial charge is 0.108 e. The van der Waals surface area contributed by atoms with Gasteiger partial charge in [0.1, 0.15) is 5.76 Å². The van der Waals surface area contributed by atoms with Crippen molar-refractivity contribution in [3.05, 3.63) is 24.2 Å². The lowest BCUT2D eigenvalue weighted by Crippen LogP contribution is -2.13. The highest BCUT2D eigenvalue weighted by Crippen LogP contribution is 2.22. The maximum absolute atomic E-state index is 5.65. The van der Waals surface area contributed by atoms with E-state index in [-0.39, 0.29) is 0 Å². The van der Waals surface area contributed by atoms with Crippen molar-refractivity contribution in [2.45, 2.75) is 26.2 Å². The molecule has 2 nitrogen and oxygen atoms in total. The predicted octanol–water partition coefficient (Wildman–Crippen LogP) is 2.37. The van der Waals surface area contributed by atoms with Crippen molar-refractivity contribution in [2.75, 3.05) is 6.54 Å². The lowest BCUT2D eigenvalue weighted by atomic mass is 9.95. The molecule has 1 unspecified atom stereocenters. The van der Waals surface area contributed by atoms with Crippen LogP contribution in [0.25, 0.3) is 0 Å². The van der Waals surface area contributed by atoms with E-state index < -0.39 is 0 Å². The van der Waals surface area contributed by atoms with Crippen LogP contribution in [-0.4, -0.2) is 6.54 Å². The van der Waals surface area contributed by atoms with Crippen molar-refractivity contribution in [3.63, 3.8) is 0 Å². The molecular weight excluding hydrogens is 150 g/mol.